The lowest BCUT2D eigenvalue weighted by Crippen LogP contribution is -2.35. The van der Waals surface area contributed by atoms with Gasteiger partial charge in [0.25, 0.3) is 0 Å². The second-order valence-corrected chi connectivity index (χ2v) is 5.31. The van der Waals surface area contributed by atoms with Crippen molar-refractivity contribution in [3.8, 4) is 5.75 Å². The van der Waals surface area contributed by atoms with Crippen LogP contribution in [0, 0.1) is 12.7 Å². The summed E-state index contributed by atoms with van der Waals surface area (Å²) in [4.78, 5) is 15.7. The maximum atomic E-state index is 14.2. The number of ether oxygens (including phenoxy) is 1. The molecule has 1 heterocycles. The van der Waals surface area contributed by atoms with Crippen molar-refractivity contribution < 1.29 is 18.4 Å². The van der Waals surface area contributed by atoms with Crippen molar-refractivity contribution >= 4 is 6.03 Å². The molecule has 0 saturated heterocycles. The molecule has 1 fully saturated rings. The van der Waals surface area contributed by atoms with Crippen LogP contribution in [0.1, 0.15) is 30.1 Å². The summed E-state index contributed by atoms with van der Waals surface area (Å²) in [6, 6.07) is 4.46. The number of aryl methyl sites for hydroxylation is 1. The average molecular weight is 320 g/mol. The summed E-state index contributed by atoms with van der Waals surface area (Å²) < 4.78 is 24.5. The summed E-state index contributed by atoms with van der Waals surface area (Å²) in [6.07, 6.45) is 2.04. The molecule has 1 aliphatic rings. The molecule has 7 nitrogen and oxygen atoms in total. The Morgan fingerprint density at radius 3 is 2.87 bits per heavy atom. The van der Waals surface area contributed by atoms with E-state index in [4.69, 9.17) is 9.26 Å². The van der Waals surface area contributed by atoms with Gasteiger partial charge in [0.15, 0.2) is 17.4 Å². The normalized spacial score (nSPS) is 13.7. The second kappa shape index (κ2) is 6.64. The lowest BCUT2D eigenvalue weighted by atomic mass is 10.2. The van der Waals surface area contributed by atoms with Crippen molar-refractivity contribution in [3.05, 3.63) is 41.3 Å². The number of halogens is 1. The molecule has 1 aromatic heterocycles. The fourth-order valence-electron chi connectivity index (χ4n) is 1.96. The molecular formula is C15H17FN4O3. The molecule has 8 heteroatoms. The van der Waals surface area contributed by atoms with Gasteiger partial charge in [-0.15, -0.1) is 0 Å². The first-order chi connectivity index (χ1) is 11.1. The van der Waals surface area contributed by atoms with Gasteiger partial charge in [-0.2, -0.15) is 4.98 Å². The molecular weight excluding hydrogens is 303 g/mol. The predicted molar refractivity (Wildman–Crippen MR) is 78.2 cm³/mol. The number of aromatic nitrogens is 2. The van der Waals surface area contributed by atoms with E-state index in [1.807, 2.05) is 0 Å². The third kappa shape index (κ3) is 4.18. The highest BCUT2D eigenvalue weighted by molar-refractivity contribution is 5.73. The first-order valence-corrected chi connectivity index (χ1v) is 7.37. The number of nitrogens with one attached hydrogen (secondary N) is 2. The van der Waals surface area contributed by atoms with Crippen molar-refractivity contribution in [2.24, 2.45) is 0 Å². The van der Waals surface area contributed by atoms with Crippen LogP contribution in [-0.2, 0) is 13.1 Å². The highest BCUT2D eigenvalue weighted by atomic mass is 19.1. The zero-order valence-corrected chi connectivity index (χ0v) is 12.6. The van der Waals surface area contributed by atoms with Crippen LogP contribution >= 0.6 is 0 Å². The smallest absolute Gasteiger partial charge is 0.315 e. The van der Waals surface area contributed by atoms with E-state index in [0.717, 1.165) is 12.8 Å². The molecule has 0 bridgehead atoms. The van der Waals surface area contributed by atoms with Crippen molar-refractivity contribution in [1.82, 2.24) is 20.8 Å². The minimum Gasteiger partial charge on any atom is -0.487 e. The number of hydrogen-bond acceptors (Lipinski definition) is 5. The first kappa shape index (κ1) is 15.3. The molecule has 0 unspecified atom stereocenters. The van der Waals surface area contributed by atoms with Crippen LogP contribution in [0.4, 0.5) is 9.18 Å². The minimum absolute atomic E-state index is 0.0603. The summed E-state index contributed by atoms with van der Waals surface area (Å²) in [5, 5.41) is 8.81. The maximum absolute atomic E-state index is 14.2. The summed E-state index contributed by atoms with van der Waals surface area (Å²) in [5.74, 6) is 0.600. The van der Waals surface area contributed by atoms with Crippen LogP contribution in [0.15, 0.2) is 22.7 Å². The molecule has 0 radical (unpaired) electrons. The van der Waals surface area contributed by atoms with Crippen molar-refractivity contribution in [2.45, 2.75) is 39.0 Å². The predicted octanol–water partition coefficient (Wildman–Crippen LogP) is 2.06. The molecule has 23 heavy (non-hydrogen) atoms. The fourth-order valence-corrected chi connectivity index (χ4v) is 1.96. The highest BCUT2D eigenvalue weighted by Crippen LogP contribution is 2.29. The van der Waals surface area contributed by atoms with Gasteiger partial charge in [-0.25, -0.2) is 9.18 Å². The van der Waals surface area contributed by atoms with Crippen molar-refractivity contribution in [2.75, 3.05) is 0 Å². The average Bonchev–Trinajstić information content (AvgIpc) is 3.26. The van der Waals surface area contributed by atoms with E-state index in [0.29, 0.717) is 17.3 Å². The molecule has 0 aliphatic heterocycles. The monoisotopic (exact) mass is 320 g/mol. The number of carbonyl (C=O) groups is 1. The number of amides is 2. The summed E-state index contributed by atoms with van der Waals surface area (Å²) in [6.45, 7) is 1.86. The zero-order valence-electron chi connectivity index (χ0n) is 12.6. The van der Waals surface area contributed by atoms with Crippen LogP contribution < -0.4 is 15.4 Å². The molecule has 2 N–H and O–H groups in total. The van der Waals surface area contributed by atoms with Gasteiger partial charge in [0.1, 0.15) is 0 Å². The van der Waals surface area contributed by atoms with E-state index >= 15 is 0 Å². The third-order valence-corrected chi connectivity index (χ3v) is 3.28. The van der Waals surface area contributed by atoms with Crippen LogP contribution in [0.2, 0.25) is 0 Å². The minimum atomic E-state index is -0.444. The number of urea groups is 1. The Morgan fingerprint density at radius 1 is 1.39 bits per heavy atom. The Bertz CT molecular complexity index is 700. The van der Waals surface area contributed by atoms with Gasteiger partial charge in [-0.1, -0.05) is 17.3 Å². The standard InChI is InChI=1S/C15H17FN4O3/c1-9-19-13(20-23-9)8-18-15(21)17-7-10-3-2-4-12(14(10)16)22-11-5-6-11/h2-4,11H,5-8H2,1H3,(H2,17,18,21). The Kier molecular flexibility index (Phi) is 4.40. The molecule has 0 atom stereocenters. The number of rotatable bonds is 6. The Morgan fingerprint density at radius 2 is 2.17 bits per heavy atom. The van der Waals surface area contributed by atoms with Crippen LogP contribution in [0.3, 0.4) is 0 Å². The van der Waals surface area contributed by atoms with Gasteiger partial charge in [0, 0.05) is 19.0 Å². The number of hydrogen-bond donors (Lipinski definition) is 2. The molecule has 2 aromatic rings. The molecule has 1 aromatic carbocycles. The Labute approximate surface area is 132 Å². The van der Waals surface area contributed by atoms with Crippen molar-refractivity contribution in [1.29, 1.82) is 0 Å². The van der Waals surface area contributed by atoms with Gasteiger partial charge < -0.3 is 19.9 Å². The Hall–Kier alpha value is -2.64. The van der Waals surface area contributed by atoms with Crippen LogP contribution in [-0.4, -0.2) is 22.3 Å². The fraction of sp³-hybridized carbons (Fsp3) is 0.400. The molecule has 1 aliphatic carbocycles. The molecule has 1 saturated carbocycles. The van der Waals surface area contributed by atoms with E-state index in [2.05, 4.69) is 20.8 Å². The van der Waals surface area contributed by atoms with E-state index in [9.17, 15) is 9.18 Å². The number of benzene rings is 1. The van der Waals surface area contributed by atoms with Gasteiger partial charge in [-0.3, -0.25) is 0 Å². The molecule has 3 rings (SSSR count). The first-order valence-electron chi connectivity index (χ1n) is 7.37. The van der Waals surface area contributed by atoms with Crippen LogP contribution in [0.5, 0.6) is 5.75 Å². The largest absolute Gasteiger partial charge is 0.487 e. The van der Waals surface area contributed by atoms with E-state index in [1.165, 1.54) is 0 Å². The van der Waals surface area contributed by atoms with Gasteiger partial charge >= 0.3 is 6.03 Å². The lowest BCUT2D eigenvalue weighted by molar-refractivity contribution is 0.239. The van der Waals surface area contributed by atoms with E-state index in [1.54, 1.807) is 25.1 Å². The lowest BCUT2D eigenvalue weighted by Gasteiger charge is -2.10. The summed E-state index contributed by atoms with van der Waals surface area (Å²) >= 11 is 0. The van der Waals surface area contributed by atoms with E-state index in [-0.39, 0.29) is 24.9 Å². The highest BCUT2D eigenvalue weighted by Gasteiger charge is 2.25. The molecule has 122 valence electrons. The summed E-state index contributed by atoms with van der Waals surface area (Å²) in [5.41, 5.74) is 0.369. The number of nitrogens with zero attached hydrogens (tertiary/aromatic N) is 2. The van der Waals surface area contributed by atoms with Crippen molar-refractivity contribution in [3.63, 3.8) is 0 Å². The van der Waals surface area contributed by atoms with Crippen LogP contribution in [0.25, 0.3) is 0 Å². The van der Waals surface area contributed by atoms with Gasteiger partial charge in [0.05, 0.1) is 12.6 Å². The maximum Gasteiger partial charge on any atom is 0.315 e. The third-order valence-electron chi connectivity index (χ3n) is 3.28. The van der Waals surface area contributed by atoms with E-state index < -0.39 is 11.8 Å². The quantitative estimate of drug-likeness (QED) is 0.850. The zero-order chi connectivity index (χ0) is 16.2. The molecule has 2 amide bonds. The van der Waals surface area contributed by atoms with Gasteiger partial charge in [0.2, 0.25) is 5.89 Å². The SMILES string of the molecule is Cc1nc(CNC(=O)NCc2cccc(OC3CC3)c2F)no1. The van der Waals surface area contributed by atoms with Gasteiger partial charge in [-0.05, 0) is 18.9 Å². The Balaban J connectivity index is 1.50. The summed E-state index contributed by atoms with van der Waals surface area (Å²) in [7, 11) is 0. The second-order valence-electron chi connectivity index (χ2n) is 5.31. The number of carbonyl (C=O) groups excluding carboxylic acids is 1. The molecule has 0 spiro atoms. The topological polar surface area (TPSA) is 89.3 Å².